The predicted molar refractivity (Wildman–Crippen MR) is 63.3 cm³/mol. The fourth-order valence-electron chi connectivity index (χ4n) is 1.19. The van der Waals surface area contributed by atoms with Crippen LogP contribution in [-0.2, 0) is 9.53 Å². The van der Waals surface area contributed by atoms with Gasteiger partial charge in [-0.1, -0.05) is 6.92 Å². The summed E-state index contributed by atoms with van der Waals surface area (Å²) in [6.45, 7) is 3.28. The first-order valence-corrected chi connectivity index (χ1v) is 5.36. The van der Waals surface area contributed by atoms with Crippen LogP contribution in [-0.4, -0.2) is 39.7 Å². The number of aromatic nitrogens is 2. The van der Waals surface area contributed by atoms with Crippen molar-refractivity contribution in [3.8, 4) is 0 Å². The number of anilines is 1. The second kappa shape index (κ2) is 5.44. The Morgan fingerprint density at radius 3 is 2.72 bits per heavy atom. The van der Waals surface area contributed by atoms with Crippen molar-refractivity contribution in [2.24, 2.45) is 0 Å². The number of methoxy groups -OCH3 is 1. The number of rotatable bonds is 5. The van der Waals surface area contributed by atoms with Gasteiger partial charge < -0.3 is 15.2 Å². The van der Waals surface area contributed by atoms with Gasteiger partial charge in [0.1, 0.15) is 11.4 Å². The Balaban J connectivity index is 2.98. The fourth-order valence-corrected chi connectivity index (χ4v) is 1.19. The molecule has 1 aromatic rings. The average Bonchev–Trinajstić information content (AvgIpc) is 2.37. The standard InChI is InChI=1S/C11H15N3O4/c1-4-11(2,10(16)17)14-7-5-6-12-8(13-7)9(15)18-3/h5-6H,4H2,1-3H3,(H,16,17)(H,12,13,14). The third kappa shape index (κ3) is 2.93. The van der Waals surface area contributed by atoms with Crippen LogP contribution < -0.4 is 5.32 Å². The maximum absolute atomic E-state index is 11.2. The molecule has 2 N–H and O–H groups in total. The van der Waals surface area contributed by atoms with Crippen molar-refractivity contribution in [1.29, 1.82) is 0 Å². The quantitative estimate of drug-likeness (QED) is 0.752. The number of nitrogens with one attached hydrogen (secondary N) is 1. The second-order valence-corrected chi connectivity index (χ2v) is 3.87. The minimum Gasteiger partial charge on any atom is -0.480 e. The number of hydrogen-bond acceptors (Lipinski definition) is 6. The Kier molecular flexibility index (Phi) is 4.19. The molecule has 7 heteroatoms. The molecular weight excluding hydrogens is 238 g/mol. The highest BCUT2D eigenvalue weighted by atomic mass is 16.5. The van der Waals surface area contributed by atoms with E-state index < -0.39 is 17.5 Å². The van der Waals surface area contributed by atoms with Crippen LogP contribution in [0.15, 0.2) is 12.3 Å². The van der Waals surface area contributed by atoms with Gasteiger partial charge in [-0.05, 0) is 19.4 Å². The van der Waals surface area contributed by atoms with Crippen molar-refractivity contribution >= 4 is 17.8 Å². The number of carbonyl (C=O) groups excluding carboxylic acids is 1. The van der Waals surface area contributed by atoms with Crippen LogP contribution >= 0.6 is 0 Å². The molecule has 0 saturated carbocycles. The van der Waals surface area contributed by atoms with E-state index in [1.165, 1.54) is 26.3 Å². The molecule has 0 spiro atoms. The average molecular weight is 253 g/mol. The van der Waals surface area contributed by atoms with Gasteiger partial charge in [-0.15, -0.1) is 0 Å². The summed E-state index contributed by atoms with van der Waals surface area (Å²) in [7, 11) is 1.22. The van der Waals surface area contributed by atoms with Crippen LogP contribution in [0.5, 0.6) is 0 Å². The number of aliphatic carboxylic acids is 1. The highest BCUT2D eigenvalue weighted by Crippen LogP contribution is 2.17. The van der Waals surface area contributed by atoms with Gasteiger partial charge in [0.15, 0.2) is 0 Å². The monoisotopic (exact) mass is 253 g/mol. The lowest BCUT2D eigenvalue weighted by Gasteiger charge is -2.25. The molecule has 7 nitrogen and oxygen atoms in total. The molecule has 0 saturated heterocycles. The van der Waals surface area contributed by atoms with Crippen LogP contribution in [0.1, 0.15) is 30.9 Å². The molecule has 1 unspecified atom stereocenters. The molecule has 0 fully saturated rings. The van der Waals surface area contributed by atoms with Crippen molar-refractivity contribution in [2.45, 2.75) is 25.8 Å². The van der Waals surface area contributed by atoms with Gasteiger partial charge in [-0.3, -0.25) is 0 Å². The summed E-state index contributed by atoms with van der Waals surface area (Å²) in [5.41, 5.74) is -1.15. The van der Waals surface area contributed by atoms with Crippen LogP contribution in [0.2, 0.25) is 0 Å². The van der Waals surface area contributed by atoms with E-state index in [9.17, 15) is 9.59 Å². The van der Waals surface area contributed by atoms with Crippen LogP contribution in [0.3, 0.4) is 0 Å². The van der Waals surface area contributed by atoms with Crippen molar-refractivity contribution < 1.29 is 19.4 Å². The highest BCUT2D eigenvalue weighted by molar-refractivity contribution is 5.86. The van der Waals surface area contributed by atoms with E-state index in [1.54, 1.807) is 6.92 Å². The summed E-state index contributed by atoms with van der Waals surface area (Å²) < 4.78 is 4.49. The second-order valence-electron chi connectivity index (χ2n) is 3.87. The van der Waals surface area contributed by atoms with Gasteiger partial charge in [-0.2, -0.15) is 0 Å². The number of hydrogen-bond donors (Lipinski definition) is 2. The molecule has 18 heavy (non-hydrogen) atoms. The molecule has 1 rings (SSSR count). The van der Waals surface area contributed by atoms with E-state index in [-0.39, 0.29) is 11.6 Å². The Hall–Kier alpha value is -2.18. The van der Waals surface area contributed by atoms with Gasteiger partial charge in [-0.25, -0.2) is 19.6 Å². The van der Waals surface area contributed by atoms with Crippen LogP contribution in [0, 0.1) is 0 Å². The largest absolute Gasteiger partial charge is 0.480 e. The Morgan fingerprint density at radius 1 is 1.56 bits per heavy atom. The molecular formula is C11H15N3O4. The number of ether oxygens (including phenoxy) is 1. The summed E-state index contributed by atoms with van der Waals surface area (Å²) in [6.07, 6.45) is 1.72. The van der Waals surface area contributed by atoms with Crippen molar-refractivity contribution in [1.82, 2.24) is 9.97 Å². The maximum Gasteiger partial charge on any atom is 0.376 e. The van der Waals surface area contributed by atoms with Gasteiger partial charge in [0, 0.05) is 6.20 Å². The molecule has 0 aliphatic heterocycles. The molecule has 1 heterocycles. The SMILES string of the molecule is CCC(C)(Nc1ccnc(C(=O)OC)n1)C(=O)O. The summed E-state index contributed by atoms with van der Waals surface area (Å²) in [5, 5.41) is 11.9. The fraction of sp³-hybridized carbons (Fsp3) is 0.455. The normalized spacial score (nSPS) is 13.5. The van der Waals surface area contributed by atoms with Crippen molar-refractivity contribution in [2.75, 3.05) is 12.4 Å². The van der Waals surface area contributed by atoms with E-state index >= 15 is 0 Å². The topological polar surface area (TPSA) is 101 Å². The van der Waals surface area contributed by atoms with Crippen LogP contribution in [0.4, 0.5) is 5.82 Å². The number of carbonyl (C=O) groups is 2. The first-order valence-electron chi connectivity index (χ1n) is 5.36. The van der Waals surface area contributed by atoms with Gasteiger partial charge >= 0.3 is 11.9 Å². The van der Waals surface area contributed by atoms with E-state index in [0.29, 0.717) is 6.42 Å². The molecule has 1 aromatic heterocycles. The number of nitrogens with zero attached hydrogens (tertiary/aromatic N) is 2. The molecule has 0 aliphatic carbocycles. The summed E-state index contributed by atoms with van der Waals surface area (Å²) in [6, 6.07) is 1.49. The lowest BCUT2D eigenvalue weighted by atomic mass is 9.99. The van der Waals surface area contributed by atoms with E-state index in [0.717, 1.165) is 0 Å². The number of esters is 1. The molecule has 0 radical (unpaired) electrons. The lowest BCUT2D eigenvalue weighted by molar-refractivity contribution is -0.141. The van der Waals surface area contributed by atoms with Gasteiger partial charge in [0.25, 0.3) is 0 Å². The zero-order chi connectivity index (χ0) is 13.8. The zero-order valence-corrected chi connectivity index (χ0v) is 10.4. The van der Waals surface area contributed by atoms with Crippen LogP contribution in [0.25, 0.3) is 0 Å². The summed E-state index contributed by atoms with van der Waals surface area (Å²) in [5.74, 6) is -1.53. The Morgan fingerprint density at radius 2 is 2.22 bits per heavy atom. The lowest BCUT2D eigenvalue weighted by Crippen LogP contribution is -2.43. The number of carboxylic acids is 1. The Bertz CT molecular complexity index is 463. The highest BCUT2D eigenvalue weighted by Gasteiger charge is 2.31. The maximum atomic E-state index is 11.2. The predicted octanol–water partition coefficient (Wildman–Crippen LogP) is 0.928. The molecule has 0 aromatic carbocycles. The van der Waals surface area contributed by atoms with Gasteiger partial charge in [0.2, 0.25) is 5.82 Å². The summed E-state index contributed by atoms with van der Waals surface area (Å²) >= 11 is 0. The molecule has 98 valence electrons. The minimum atomic E-state index is -1.15. The molecule has 0 aliphatic rings. The third-order valence-corrected chi connectivity index (χ3v) is 2.61. The van der Waals surface area contributed by atoms with E-state index in [2.05, 4.69) is 20.0 Å². The minimum absolute atomic E-state index is 0.119. The van der Waals surface area contributed by atoms with E-state index in [1.807, 2.05) is 0 Å². The van der Waals surface area contributed by atoms with E-state index in [4.69, 9.17) is 5.11 Å². The van der Waals surface area contributed by atoms with Crippen molar-refractivity contribution in [3.05, 3.63) is 18.1 Å². The molecule has 0 bridgehead atoms. The zero-order valence-electron chi connectivity index (χ0n) is 10.4. The van der Waals surface area contributed by atoms with Gasteiger partial charge in [0.05, 0.1) is 7.11 Å². The number of carboxylic acid groups (broad SMARTS) is 1. The first-order chi connectivity index (χ1) is 8.42. The Labute approximate surface area is 104 Å². The first kappa shape index (κ1) is 13.9. The molecule has 0 amide bonds. The van der Waals surface area contributed by atoms with Crippen molar-refractivity contribution in [3.63, 3.8) is 0 Å². The molecule has 1 atom stereocenters. The third-order valence-electron chi connectivity index (χ3n) is 2.61. The smallest absolute Gasteiger partial charge is 0.376 e. The summed E-state index contributed by atoms with van der Waals surface area (Å²) in [4.78, 5) is 30.0.